The number of carbonyl (C=O) groups excluding carboxylic acids is 1. The summed E-state index contributed by atoms with van der Waals surface area (Å²) >= 11 is 1.46. The first kappa shape index (κ1) is 16.9. The number of carbonyl (C=O) groups is 1. The number of aryl methyl sites for hydroxylation is 1. The summed E-state index contributed by atoms with van der Waals surface area (Å²) in [7, 11) is 2.09. The van der Waals surface area contributed by atoms with Gasteiger partial charge in [0.25, 0.3) is 0 Å². The SMILES string of the molecule is CCCc1nnc(NC(=O)N2CCN(C)C[C@@H]2c2ccccc2)s1. The number of nitrogens with one attached hydrogen (secondary N) is 1. The molecule has 1 N–H and O–H groups in total. The normalized spacial score (nSPS) is 18.6. The van der Waals surface area contributed by atoms with E-state index in [0.717, 1.165) is 36.5 Å². The Bertz CT molecular complexity index is 675. The minimum atomic E-state index is -0.101. The minimum Gasteiger partial charge on any atom is -0.315 e. The molecule has 0 bridgehead atoms. The van der Waals surface area contributed by atoms with Gasteiger partial charge in [-0.25, -0.2) is 4.79 Å². The zero-order valence-electron chi connectivity index (χ0n) is 14.1. The third kappa shape index (κ3) is 3.91. The van der Waals surface area contributed by atoms with Crippen LogP contribution in [0.2, 0.25) is 0 Å². The van der Waals surface area contributed by atoms with Crippen molar-refractivity contribution in [2.45, 2.75) is 25.8 Å². The summed E-state index contributed by atoms with van der Waals surface area (Å²) in [5.74, 6) is 0. The molecule has 1 aliphatic heterocycles. The van der Waals surface area contributed by atoms with Gasteiger partial charge in [0.05, 0.1) is 6.04 Å². The smallest absolute Gasteiger partial charge is 0.315 e. The standard InChI is InChI=1S/C17H23N5OS/c1-3-7-15-19-20-16(24-15)18-17(23)22-11-10-21(2)12-14(22)13-8-5-4-6-9-13/h4-6,8-9,14H,3,7,10-12H2,1-2H3,(H,18,20,23)/t14-/m1/s1. The van der Waals surface area contributed by atoms with E-state index in [1.807, 2.05) is 23.1 Å². The highest BCUT2D eigenvalue weighted by molar-refractivity contribution is 7.15. The highest BCUT2D eigenvalue weighted by Gasteiger charge is 2.30. The lowest BCUT2D eigenvalue weighted by atomic mass is 10.0. The third-order valence-electron chi connectivity index (χ3n) is 4.17. The van der Waals surface area contributed by atoms with Crippen molar-refractivity contribution >= 4 is 22.5 Å². The summed E-state index contributed by atoms with van der Waals surface area (Å²) in [6.45, 7) is 4.50. The molecule has 1 aliphatic rings. The second-order valence-electron chi connectivity index (χ2n) is 6.06. The number of amides is 2. The molecule has 1 aromatic carbocycles. The topological polar surface area (TPSA) is 61.4 Å². The first-order chi connectivity index (χ1) is 11.7. The second kappa shape index (κ2) is 7.72. The number of urea groups is 1. The molecule has 2 heterocycles. The Morgan fingerprint density at radius 1 is 1.29 bits per heavy atom. The van der Waals surface area contributed by atoms with Gasteiger partial charge in [0, 0.05) is 26.1 Å². The molecule has 1 aromatic heterocycles. The van der Waals surface area contributed by atoms with Crippen molar-refractivity contribution in [3.8, 4) is 0 Å². The van der Waals surface area contributed by atoms with Crippen LogP contribution in [0.3, 0.4) is 0 Å². The molecule has 3 rings (SSSR count). The molecule has 24 heavy (non-hydrogen) atoms. The Labute approximate surface area is 146 Å². The van der Waals surface area contributed by atoms with Gasteiger partial charge < -0.3 is 9.80 Å². The molecule has 0 spiro atoms. The highest BCUT2D eigenvalue weighted by Crippen LogP contribution is 2.26. The zero-order valence-corrected chi connectivity index (χ0v) is 14.9. The predicted octanol–water partition coefficient (Wildman–Crippen LogP) is 3.01. The second-order valence-corrected chi connectivity index (χ2v) is 7.13. The molecular weight excluding hydrogens is 322 g/mol. The molecule has 2 aromatic rings. The fourth-order valence-corrected chi connectivity index (χ4v) is 3.74. The minimum absolute atomic E-state index is 0.0491. The maximum Gasteiger partial charge on any atom is 0.324 e. The van der Waals surface area contributed by atoms with Crippen molar-refractivity contribution < 1.29 is 4.79 Å². The van der Waals surface area contributed by atoms with E-state index in [1.165, 1.54) is 11.3 Å². The van der Waals surface area contributed by atoms with Crippen molar-refractivity contribution in [1.29, 1.82) is 0 Å². The summed E-state index contributed by atoms with van der Waals surface area (Å²) in [5, 5.41) is 12.7. The Balaban J connectivity index is 1.73. The average Bonchev–Trinajstić information content (AvgIpc) is 3.03. The van der Waals surface area contributed by atoms with Crippen LogP contribution >= 0.6 is 11.3 Å². The van der Waals surface area contributed by atoms with Gasteiger partial charge in [-0.15, -0.1) is 10.2 Å². The fraction of sp³-hybridized carbons (Fsp3) is 0.471. The van der Waals surface area contributed by atoms with Gasteiger partial charge in [-0.05, 0) is 19.0 Å². The molecule has 7 heteroatoms. The summed E-state index contributed by atoms with van der Waals surface area (Å²) in [4.78, 5) is 16.9. The molecule has 2 amide bonds. The van der Waals surface area contributed by atoms with Crippen LogP contribution < -0.4 is 5.32 Å². The lowest BCUT2D eigenvalue weighted by Gasteiger charge is -2.40. The molecule has 6 nitrogen and oxygen atoms in total. The summed E-state index contributed by atoms with van der Waals surface area (Å²) in [6, 6.07) is 10.1. The zero-order chi connectivity index (χ0) is 16.9. The van der Waals surface area contributed by atoms with Crippen LogP contribution in [0, 0.1) is 0 Å². The van der Waals surface area contributed by atoms with E-state index in [2.05, 4.69) is 46.5 Å². The molecule has 1 atom stereocenters. The summed E-state index contributed by atoms with van der Waals surface area (Å²) < 4.78 is 0. The van der Waals surface area contributed by atoms with E-state index in [9.17, 15) is 4.79 Å². The van der Waals surface area contributed by atoms with Crippen molar-refractivity contribution in [3.05, 3.63) is 40.9 Å². The number of anilines is 1. The lowest BCUT2D eigenvalue weighted by Crippen LogP contribution is -2.50. The van der Waals surface area contributed by atoms with Crippen molar-refractivity contribution in [2.75, 3.05) is 32.0 Å². The van der Waals surface area contributed by atoms with Crippen LogP contribution in [0.1, 0.15) is 30.0 Å². The van der Waals surface area contributed by atoms with Gasteiger partial charge >= 0.3 is 6.03 Å². The Kier molecular flexibility index (Phi) is 5.42. The van der Waals surface area contributed by atoms with Gasteiger partial charge in [-0.2, -0.15) is 0 Å². The van der Waals surface area contributed by atoms with Crippen LogP contribution in [0.4, 0.5) is 9.93 Å². The number of aromatic nitrogens is 2. The van der Waals surface area contributed by atoms with E-state index >= 15 is 0 Å². The number of piperazine rings is 1. The van der Waals surface area contributed by atoms with Crippen molar-refractivity contribution in [3.63, 3.8) is 0 Å². The third-order valence-corrected chi connectivity index (χ3v) is 5.07. The molecule has 128 valence electrons. The van der Waals surface area contributed by atoms with Gasteiger partial charge in [0.1, 0.15) is 5.01 Å². The maximum absolute atomic E-state index is 12.8. The van der Waals surface area contributed by atoms with Crippen LogP contribution in [0.15, 0.2) is 30.3 Å². The van der Waals surface area contributed by atoms with Crippen LogP contribution in [0.25, 0.3) is 0 Å². The fourth-order valence-electron chi connectivity index (χ4n) is 2.91. The number of hydrogen-bond donors (Lipinski definition) is 1. The van der Waals surface area contributed by atoms with Gasteiger partial charge in [-0.3, -0.25) is 5.32 Å². The number of hydrogen-bond acceptors (Lipinski definition) is 5. The maximum atomic E-state index is 12.8. The van der Waals surface area contributed by atoms with Gasteiger partial charge in [0.15, 0.2) is 0 Å². The molecule has 0 saturated carbocycles. The van der Waals surface area contributed by atoms with Gasteiger partial charge in [0.2, 0.25) is 5.13 Å². The largest absolute Gasteiger partial charge is 0.324 e. The molecule has 1 fully saturated rings. The average molecular weight is 345 g/mol. The first-order valence-corrected chi connectivity index (χ1v) is 9.12. The molecule has 0 aliphatic carbocycles. The van der Waals surface area contributed by atoms with Crippen LogP contribution in [-0.4, -0.2) is 52.7 Å². The molecular formula is C17H23N5OS. The first-order valence-electron chi connectivity index (χ1n) is 8.31. The predicted molar refractivity (Wildman–Crippen MR) is 96.3 cm³/mol. The van der Waals surface area contributed by atoms with E-state index in [4.69, 9.17) is 0 Å². The monoisotopic (exact) mass is 345 g/mol. The van der Waals surface area contributed by atoms with E-state index in [-0.39, 0.29) is 12.1 Å². The van der Waals surface area contributed by atoms with E-state index in [1.54, 1.807) is 0 Å². The van der Waals surface area contributed by atoms with E-state index in [0.29, 0.717) is 11.7 Å². The number of likely N-dealkylation sites (N-methyl/N-ethyl adjacent to an activating group) is 1. The van der Waals surface area contributed by atoms with Gasteiger partial charge in [-0.1, -0.05) is 48.6 Å². The van der Waals surface area contributed by atoms with E-state index < -0.39 is 0 Å². The van der Waals surface area contributed by atoms with Crippen molar-refractivity contribution in [1.82, 2.24) is 20.0 Å². The summed E-state index contributed by atoms with van der Waals surface area (Å²) in [5.41, 5.74) is 1.16. The number of nitrogens with zero attached hydrogens (tertiary/aromatic N) is 4. The highest BCUT2D eigenvalue weighted by atomic mass is 32.1. The van der Waals surface area contributed by atoms with Crippen molar-refractivity contribution in [2.24, 2.45) is 0 Å². The van der Waals surface area contributed by atoms with Crippen LogP contribution in [-0.2, 0) is 6.42 Å². The van der Waals surface area contributed by atoms with Crippen LogP contribution in [0.5, 0.6) is 0 Å². The Morgan fingerprint density at radius 3 is 2.83 bits per heavy atom. The number of rotatable bonds is 4. The number of benzene rings is 1. The molecule has 0 radical (unpaired) electrons. The quantitative estimate of drug-likeness (QED) is 0.925. The molecule has 1 saturated heterocycles. The Morgan fingerprint density at radius 2 is 2.08 bits per heavy atom. The Hall–Kier alpha value is -1.99. The lowest BCUT2D eigenvalue weighted by molar-refractivity contribution is 0.116. The summed E-state index contributed by atoms with van der Waals surface area (Å²) in [6.07, 6.45) is 1.92. The molecule has 0 unspecified atom stereocenters.